The predicted octanol–water partition coefficient (Wildman–Crippen LogP) is 2.86. The van der Waals surface area contributed by atoms with Crippen LogP contribution in [0.2, 0.25) is 0 Å². The summed E-state index contributed by atoms with van der Waals surface area (Å²) in [4.78, 5) is 54.3. The molecular weight excluding hydrogens is 364 g/mol. The largest absolute Gasteiger partial charge is 0.465 e. The van der Waals surface area contributed by atoms with E-state index in [0.29, 0.717) is 40.1 Å². The van der Waals surface area contributed by atoms with Gasteiger partial charge in [0, 0.05) is 17.0 Å². The number of rotatable bonds is 7. The third-order valence-electron chi connectivity index (χ3n) is 4.68. The van der Waals surface area contributed by atoms with Crippen LogP contribution in [-0.4, -0.2) is 47.2 Å². The molecule has 0 unspecified atom stereocenters. The fraction of sp³-hybridized carbons (Fsp3) is 0.400. The third kappa shape index (κ3) is 3.76. The molecule has 0 atom stereocenters. The molecule has 0 spiro atoms. The van der Waals surface area contributed by atoms with Crippen molar-refractivity contribution in [2.45, 2.75) is 41.0 Å². The van der Waals surface area contributed by atoms with Gasteiger partial charge in [-0.05, 0) is 45.2 Å². The number of hydrogen-bond acceptors (Lipinski definition) is 6. The molecule has 8 heteroatoms. The van der Waals surface area contributed by atoms with E-state index < -0.39 is 24.3 Å². The molecule has 2 rings (SSSR count). The zero-order valence-corrected chi connectivity index (χ0v) is 16.9. The van der Waals surface area contributed by atoms with Gasteiger partial charge in [0.25, 0.3) is 0 Å². The van der Waals surface area contributed by atoms with E-state index in [2.05, 4.69) is 9.97 Å². The first-order valence-electron chi connectivity index (χ1n) is 8.84. The first kappa shape index (κ1) is 21.1. The van der Waals surface area contributed by atoms with Crippen LogP contribution in [0.5, 0.6) is 0 Å². The van der Waals surface area contributed by atoms with Crippen molar-refractivity contribution in [1.82, 2.24) is 9.97 Å². The number of carbonyl (C=O) groups is 4. The van der Waals surface area contributed by atoms with E-state index >= 15 is 0 Å². The second kappa shape index (κ2) is 8.24. The van der Waals surface area contributed by atoms with Gasteiger partial charge in [-0.1, -0.05) is 6.92 Å². The number of ether oxygens (including phenoxy) is 2. The van der Waals surface area contributed by atoms with Crippen LogP contribution in [-0.2, 0) is 15.9 Å². The summed E-state index contributed by atoms with van der Waals surface area (Å²) in [6.45, 7) is 7.74. The number of H-pyrrole nitrogens is 2. The summed E-state index contributed by atoms with van der Waals surface area (Å²) < 4.78 is 9.90. The summed E-state index contributed by atoms with van der Waals surface area (Å²) in [6, 6.07) is 0. The number of methoxy groups -OCH3 is 1. The van der Waals surface area contributed by atoms with Crippen LogP contribution in [0.25, 0.3) is 0 Å². The number of hydrogen-bond donors (Lipinski definition) is 2. The number of aromatic nitrogens is 2. The molecule has 2 heterocycles. The van der Waals surface area contributed by atoms with E-state index in [-0.39, 0.29) is 17.2 Å². The van der Waals surface area contributed by atoms with Crippen molar-refractivity contribution in [3.05, 3.63) is 45.0 Å². The molecule has 0 aliphatic heterocycles. The Morgan fingerprint density at radius 3 is 2.00 bits per heavy atom. The Hall–Kier alpha value is -3.16. The minimum atomic E-state index is -0.747. The SMILES string of the molecule is CCc1[nH]c(C(=O)OCC(=O)c2[nH]c(C)c(C(C)=O)c2C)c(C)c1C(=O)OC. The highest BCUT2D eigenvalue weighted by Gasteiger charge is 2.26. The molecule has 0 aliphatic carbocycles. The molecule has 0 bridgehead atoms. The Labute approximate surface area is 162 Å². The molecule has 2 aromatic heterocycles. The highest BCUT2D eigenvalue weighted by Crippen LogP contribution is 2.22. The first-order chi connectivity index (χ1) is 13.1. The zero-order chi connectivity index (χ0) is 21.2. The summed E-state index contributed by atoms with van der Waals surface area (Å²) in [5.74, 6) is -1.89. The lowest BCUT2D eigenvalue weighted by Gasteiger charge is -2.04. The maximum absolute atomic E-state index is 12.5. The molecule has 2 aromatic rings. The van der Waals surface area contributed by atoms with Gasteiger partial charge in [0.15, 0.2) is 12.4 Å². The van der Waals surface area contributed by atoms with Gasteiger partial charge in [-0.15, -0.1) is 0 Å². The van der Waals surface area contributed by atoms with Crippen LogP contribution in [0.1, 0.15) is 78.1 Å². The lowest BCUT2D eigenvalue weighted by atomic mass is 10.1. The molecule has 28 heavy (non-hydrogen) atoms. The van der Waals surface area contributed by atoms with Gasteiger partial charge in [-0.25, -0.2) is 9.59 Å². The van der Waals surface area contributed by atoms with Crippen molar-refractivity contribution in [2.24, 2.45) is 0 Å². The summed E-state index contributed by atoms with van der Waals surface area (Å²) in [5.41, 5.74) is 3.20. The Morgan fingerprint density at radius 1 is 0.893 bits per heavy atom. The molecule has 150 valence electrons. The molecule has 0 fully saturated rings. The fourth-order valence-electron chi connectivity index (χ4n) is 3.34. The van der Waals surface area contributed by atoms with Gasteiger partial charge >= 0.3 is 11.9 Å². The maximum atomic E-state index is 12.5. The molecule has 0 radical (unpaired) electrons. The standard InChI is InChI=1S/C20H24N2O6/c1-7-13-16(19(25)27-6)10(3)18(22-13)20(26)28-8-14(24)17-9(2)15(12(5)23)11(4)21-17/h21-22H,7-8H2,1-6H3. The van der Waals surface area contributed by atoms with Gasteiger partial charge in [0.05, 0.1) is 18.4 Å². The number of nitrogens with one attached hydrogen (secondary N) is 2. The van der Waals surface area contributed by atoms with Gasteiger partial charge < -0.3 is 19.4 Å². The van der Waals surface area contributed by atoms with E-state index in [9.17, 15) is 19.2 Å². The van der Waals surface area contributed by atoms with Gasteiger partial charge in [-0.3, -0.25) is 9.59 Å². The number of aromatic amines is 2. The Balaban J connectivity index is 2.20. The van der Waals surface area contributed by atoms with Crippen molar-refractivity contribution in [2.75, 3.05) is 13.7 Å². The summed E-state index contributed by atoms with van der Waals surface area (Å²) in [5, 5.41) is 0. The number of esters is 2. The summed E-state index contributed by atoms with van der Waals surface area (Å²) >= 11 is 0. The molecule has 0 saturated carbocycles. The van der Waals surface area contributed by atoms with Crippen LogP contribution in [0.4, 0.5) is 0 Å². The van der Waals surface area contributed by atoms with Crippen LogP contribution < -0.4 is 0 Å². The first-order valence-corrected chi connectivity index (χ1v) is 8.84. The Kier molecular flexibility index (Phi) is 6.23. The minimum absolute atomic E-state index is 0.105. The molecular formula is C20H24N2O6. The number of aryl methyl sites for hydroxylation is 2. The Bertz CT molecular complexity index is 964. The van der Waals surface area contributed by atoms with Crippen molar-refractivity contribution in [3.63, 3.8) is 0 Å². The molecule has 0 saturated heterocycles. The molecule has 0 aliphatic rings. The smallest absolute Gasteiger partial charge is 0.355 e. The number of carbonyl (C=O) groups excluding carboxylic acids is 4. The summed E-state index contributed by atoms with van der Waals surface area (Å²) in [7, 11) is 1.26. The fourth-order valence-corrected chi connectivity index (χ4v) is 3.34. The normalized spacial score (nSPS) is 10.6. The lowest BCUT2D eigenvalue weighted by Crippen LogP contribution is -2.16. The van der Waals surface area contributed by atoms with Crippen LogP contribution >= 0.6 is 0 Å². The highest BCUT2D eigenvalue weighted by molar-refractivity contribution is 6.05. The van der Waals surface area contributed by atoms with Crippen molar-refractivity contribution in [3.8, 4) is 0 Å². The predicted molar refractivity (Wildman–Crippen MR) is 101 cm³/mol. The quantitative estimate of drug-likeness (QED) is 0.556. The maximum Gasteiger partial charge on any atom is 0.355 e. The van der Waals surface area contributed by atoms with E-state index in [0.717, 1.165) is 0 Å². The summed E-state index contributed by atoms with van der Waals surface area (Å²) in [6.07, 6.45) is 0.492. The monoisotopic (exact) mass is 388 g/mol. The topological polar surface area (TPSA) is 118 Å². The second-order valence-electron chi connectivity index (χ2n) is 6.50. The van der Waals surface area contributed by atoms with Crippen LogP contribution in [0, 0.1) is 20.8 Å². The minimum Gasteiger partial charge on any atom is -0.465 e. The average Bonchev–Trinajstić information content (AvgIpc) is 3.14. The van der Waals surface area contributed by atoms with Gasteiger partial charge in [0.2, 0.25) is 5.78 Å². The van der Waals surface area contributed by atoms with Crippen molar-refractivity contribution in [1.29, 1.82) is 0 Å². The Morgan fingerprint density at radius 2 is 1.50 bits per heavy atom. The molecule has 2 N–H and O–H groups in total. The average molecular weight is 388 g/mol. The van der Waals surface area contributed by atoms with Crippen molar-refractivity contribution < 1.29 is 28.7 Å². The number of Topliss-reactive ketones (excluding diaryl/α,β-unsaturated/α-hetero) is 2. The number of ketones is 2. The zero-order valence-electron chi connectivity index (χ0n) is 16.9. The highest BCUT2D eigenvalue weighted by atomic mass is 16.5. The van der Waals surface area contributed by atoms with E-state index in [1.165, 1.54) is 14.0 Å². The van der Waals surface area contributed by atoms with E-state index in [1.54, 1.807) is 20.8 Å². The van der Waals surface area contributed by atoms with Gasteiger partial charge in [-0.2, -0.15) is 0 Å². The molecule has 0 amide bonds. The van der Waals surface area contributed by atoms with Crippen molar-refractivity contribution >= 4 is 23.5 Å². The van der Waals surface area contributed by atoms with Gasteiger partial charge in [0.1, 0.15) is 5.69 Å². The second-order valence-corrected chi connectivity index (χ2v) is 6.50. The van der Waals surface area contributed by atoms with Crippen LogP contribution in [0.3, 0.4) is 0 Å². The lowest BCUT2D eigenvalue weighted by molar-refractivity contribution is 0.0467. The third-order valence-corrected chi connectivity index (χ3v) is 4.68. The van der Waals surface area contributed by atoms with E-state index in [4.69, 9.17) is 9.47 Å². The van der Waals surface area contributed by atoms with Crippen LogP contribution in [0.15, 0.2) is 0 Å². The molecule has 8 nitrogen and oxygen atoms in total. The molecule has 0 aromatic carbocycles. The van der Waals surface area contributed by atoms with E-state index in [1.807, 2.05) is 6.92 Å².